The van der Waals surface area contributed by atoms with Gasteiger partial charge in [-0.15, -0.1) is 0 Å². The number of amides is 1. The van der Waals surface area contributed by atoms with Crippen molar-refractivity contribution in [1.82, 2.24) is 4.90 Å². The molecule has 0 aliphatic heterocycles. The van der Waals surface area contributed by atoms with Crippen LogP contribution in [0, 0.1) is 0 Å². The second kappa shape index (κ2) is 7.40. The maximum atomic E-state index is 12.1. The molecule has 22 heavy (non-hydrogen) atoms. The number of carbonyl (C=O) groups excluding carboxylic acids is 1. The lowest BCUT2D eigenvalue weighted by Gasteiger charge is -2.24. The number of nitrogens with zero attached hydrogens (tertiary/aromatic N) is 1. The average molecular weight is 327 g/mol. The molecular weight excluding hydrogens is 306 g/mol. The summed E-state index contributed by atoms with van der Waals surface area (Å²) in [7, 11) is -1.60. The molecule has 0 heterocycles. The molecule has 1 aromatic carbocycles. The Morgan fingerprint density at radius 1 is 1.27 bits per heavy atom. The quantitative estimate of drug-likeness (QED) is 0.812. The van der Waals surface area contributed by atoms with Crippen LogP contribution in [-0.2, 0) is 21.1 Å². The summed E-state index contributed by atoms with van der Waals surface area (Å²) < 4.78 is 22.5. The second-order valence-electron chi connectivity index (χ2n) is 5.41. The summed E-state index contributed by atoms with van der Waals surface area (Å²) in [6.45, 7) is 1.67. The molecule has 0 saturated heterocycles. The first kappa shape index (κ1) is 18.2. The minimum atomic E-state index is -3.16. The fourth-order valence-electron chi connectivity index (χ4n) is 2.16. The average Bonchev–Trinajstić information content (AvgIpc) is 2.42. The zero-order valence-electron chi connectivity index (χ0n) is 12.9. The van der Waals surface area contributed by atoms with Crippen LogP contribution < -0.4 is 0 Å². The third-order valence-electron chi connectivity index (χ3n) is 3.45. The van der Waals surface area contributed by atoms with Crippen LogP contribution in [0.1, 0.15) is 29.3 Å². The predicted octanol–water partition coefficient (Wildman–Crippen LogP) is 1.21. The highest BCUT2D eigenvalue weighted by Gasteiger charge is 2.20. The Labute approximate surface area is 130 Å². The first-order valence-electron chi connectivity index (χ1n) is 6.86. The van der Waals surface area contributed by atoms with Crippen molar-refractivity contribution in [3.05, 3.63) is 35.4 Å². The van der Waals surface area contributed by atoms with Crippen LogP contribution in [0.3, 0.4) is 0 Å². The van der Waals surface area contributed by atoms with Gasteiger partial charge in [-0.3, -0.25) is 4.79 Å². The van der Waals surface area contributed by atoms with E-state index in [9.17, 15) is 18.0 Å². The minimum Gasteiger partial charge on any atom is -0.478 e. The summed E-state index contributed by atoms with van der Waals surface area (Å²) in [5, 5.41) is 9.09. The molecule has 122 valence electrons. The first-order chi connectivity index (χ1) is 10.1. The molecule has 1 amide bonds. The van der Waals surface area contributed by atoms with Gasteiger partial charge in [-0.25, -0.2) is 13.2 Å². The van der Waals surface area contributed by atoms with Crippen LogP contribution in [0.25, 0.3) is 0 Å². The summed E-state index contributed by atoms with van der Waals surface area (Å²) in [6, 6.07) is 6.11. The minimum absolute atomic E-state index is 0.0963. The standard InChI is InChI=1S/C15H21NO5S/c1-11(10-22(3,20)21)16(2)14(17)9-8-12-6-4-5-7-13(12)15(18)19/h4-7,11H,8-10H2,1-3H3,(H,18,19). The van der Waals surface area contributed by atoms with Crippen LogP contribution in [0.5, 0.6) is 0 Å². The highest BCUT2D eigenvalue weighted by molar-refractivity contribution is 7.90. The smallest absolute Gasteiger partial charge is 0.335 e. The molecule has 1 N–H and O–H groups in total. The van der Waals surface area contributed by atoms with Gasteiger partial charge in [0.2, 0.25) is 5.91 Å². The van der Waals surface area contributed by atoms with Gasteiger partial charge >= 0.3 is 5.97 Å². The molecule has 0 fully saturated rings. The van der Waals surface area contributed by atoms with E-state index in [2.05, 4.69) is 0 Å². The number of carboxylic acids is 1. The van der Waals surface area contributed by atoms with Crippen LogP contribution >= 0.6 is 0 Å². The summed E-state index contributed by atoms with van der Waals surface area (Å²) in [6.07, 6.45) is 1.57. The lowest BCUT2D eigenvalue weighted by Crippen LogP contribution is -2.39. The van der Waals surface area contributed by atoms with E-state index in [1.807, 2.05) is 0 Å². The molecule has 0 aliphatic rings. The largest absolute Gasteiger partial charge is 0.478 e. The predicted molar refractivity (Wildman–Crippen MR) is 83.7 cm³/mol. The van der Waals surface area contributed by atoms with Crippen molar-refractivity contribution >= 4 is 21.7 Å². The fourth-order valence-corrected chi connectivity index (χ4v) is 3.26. The SMILES string of the molecule is CC(CS(C)(=O)=O)N(C)C(=O)CCc1ccccc1C(=O)O. The number of carboxylic acid groups (broad SMARTS) is 1. The van der Waals surface area contributed by atoms with Gasteiger partial charge in [0.05, 0.1) is 11.3 Å². The summed E-state index contributed by atoms with van der Waals surface area (Å²) in [4.78, 5) is 24.6. The number of rotatable bonds is 7. The maximum absolute atomic E-state index is 12.1. The number of hydrogen-bond donors (Lipinski definition) is 1. The van der Waals surface area contributed by atoms with Gasteiger partial charge in [0.1, 0.15) is 9.84 Å². The number of aryl methyl sites for hydroxylation is 1. The highest BCUT2D eigenvalue weighted by atomic mass is 32.2. The monoisotopic (exact) mass is 327 g/mol. The van der Waals surface area contributed by atoms with Crippen molar-refractivity contribution in [3.8, 4) is 0 Å². The molecule has 1 rings (SSSR count). The molecule has 0 saturated carbocycles. The van der Waals surface area contributed by atoms with E-state index >= 15 is 0 Å². The van der Waals surface area contributed by atoms with Crippen LogP contribution in [-0.4, -0.2) is 55.4 Å². The summed E-state index contributed by atoms with van der Waals surface area (Å²) in [5.41, 5.74) is 0.773. The zero-order valence-corrected chi connectivity index (χ0v) is 13.8. The molecule has 0 bridgehead atoms. The van der Waals surface area contributed by atoms with E-state index in [4.69, 9.17) is 5.11 Å². The lowest BCUT2D eigenvalue weighted by atomic mass is 10.0. The lowest BCUT2D eigenvalue weighted by molar-refractivity contribution is -0.131. The molecule has 0 aliphatic carbocycles. The number of aromatic carboxylic acids is 1. The van der Waals surface area contributed by atoms with E-state index in [0.29, 0.717) is 12.0 Å². The molecule has 0 radical (unpaired) electrons. The Kier molecular flexibility index (Phi) is 6.11. The normalized spacial score (nSPS) is 12.7. The summed E-state index contributed by atoms with van der Waals surface area (Å²) >= 11 is 0. The van der Waals surface area contributed by atoms with E-state index in [0.717, 1.165) is 6.26 Å². The van der Waals surface area contributed by atoms with Crippen molar-refractivity contribution in [2.75, 3.05) is 19.1 Å². The molecule has 0 spiro atoms. The molecule has 7 heteroatoms. The molecule has 1 atom stereocenters. The Hall–Kier alpha value is -1.89. The van der Waals surface area contributed by atoms with Gasteiger partial charge in [0.25, 0.3) is 0 Å². The first-order valence-corrected chi connectivity index (χ1v) is 8.92. The number of benzene rings is 1. The maximum Gasteiger partial charge on any atom is 0.335 e. The topological polar surface area (TPSA) is 91.8 Å². The summed E-state index contributed by atoms with van der Waals surface area (Å²) in [5.74, 6) is -1.33. The Morgan fingerprint density at radius 2 is 1.86 bits per heavy atom. The van der Waals surface area contributed by atoms with Gasteiger partial charge < -0.3 is 10.0 Å². The van der Waals surface area contributed by atoms with E-state index in [-0.39, 0.29) is 23.6 Å². The van der Waals surface area contributed by atoms with Crippen molar-refractivity contribution < 1.29 is 23.1 Å². The Bertz CT molecular complexity index is 654. The molecule has 1 unspecified atom stereocenters. The van der Waals surface area contributed by atoms with E-state index in [1.165, 1.54) is 11.0 Å². The Balaban J connectivity index is 2.68. The van der Waals surface area contributed by atoms with Gasteiger partial charge in [0.15, 0.2) is 0 Å². The van der Waals surface area contributed by atoms with Crippen molar-refractivity contribution in [2.24, 2.45) is 0 Å². The molecule has 0 aromatic heterocycles. The van der Waals surface area contributed by atoms with Crippen LogP contribution in [0.2, 0.25) is 0 Å². The van der Waals surface area contributed by atoms with E-state index < -0.39 is 21.8 Å². The number of hydrogen-bond acceptors (Lipinski definition) is 4. The third kappa shape index (κ3) is 5.48. The molecule has 6 nitrogen and oxygen atoms in total. The molecule has 1 aromatic rings. The third-order valence-corrected chi connectivity index (χ3v) is 4.54. The fraction of sp³-hybridized carbons (Fsp3) is 0.467. The van der Waals surface area contributed by atoms with Crippen LogP contribution in [0.4, 0.5) is 0 Å². The second-order valence-corrected chi connectivity index (χ2v) is 7.59. The molecular formula is C15H21NO5S. The zero-order chi connectivity index (χ0) is 16.9. The van der Waals surface area contributed by atoms with Gasteiger partial charge in [-0.2, -0.15) is 0 Å². The van der Waals surface area contributed by atoms with Crippen LogP contribution in [0.15, 0.2) is 24.3 Å². The van der Waals surface area contributed by atoms with Crippen molar-refractivity contribution in [3.63, 3.8) is 0 Å². The van der Waals surface area contributed by atoms with Gasteiger partial charge in [0, 0.05) is 25.8 Å². The van der Waals surface area contributed by atoms with Gasteiger partial charge in [-0.1, -0.05) is 18.2 Å². The Morgan fingerprint density at radius 3 is 2.41 bits per heavy atom. The van der Waals surface area contributed by atoms with Crippen molar-refractivity contribution in [1.29, 1.82) is 0 Å². The highest BCUT2D eigenvalue weighted by Crippen LogP contribution is 2.12. The number of sulfone groups is 1. The number of carbonyl (C=O) groups is 2. The van der Waals surface area contributed by atoms with Crippen molar-refractivity contribution in [2.45, 2.75) is 25.8 Å². The van der Waals surface area contributed by atoms with Gasteiger partial charge in [-0.05, 0) is 25.0 Å². The van der Waals surface area contributed by atoms with E-state index in [1.54, 1.807) is 32.2 Å².